The highest BCUT2D eigenvalue weighted by Gasteiger charge is 2.37. The highest BCUT2D eigenvalue weighted by atomic mass is 16.5. The third-order valence-electron chi connectivity index (χ3n) is 5.28. The van der Waals surface area contributed by atoms with Crippen LogP contribution in [0.4, 0.5) is 5.69 Å². The van der Waals surface area contributed by atoms with Crippen LogP contribution in [-0.4, -0.2) is 43.1 Å². The monoisotopic (exact) mass is 388 g/mol. The summed E-state index contributed by atoms with van der Waals surface area (Å²) < 4.78 is 10.7. The third kappa shape index (κ3) is 4.82. The molecule has 7 nitrogen and oxygen atoms in total. The smallest absolute Gasteiger partial charge is 0.312 e. The van der Waals surface area contributed by atoms with E-state index in [0.29, 0.717) is 6.61 Å². The molecule has 2 atom stereocenters. The van der Waals surface area contributed by atoms with E-state index in [9.17, 15) is 14.4 Å². The lowest BCUT2D eigenvalue weighted by Gasteiger charge is -2.19. The number of nitrogens with zero attached hydrogens (tertiary/aromatic N) is 1. The number of anilines is 1. The van der Waals surface area contributed by atoms with Crippen molar-refractivity contribution in [2.24, 2.45) is 5.92 Å². The summed E-state index contributed by atoms with van der Waals surface area (Å²) in [6.45, 7) is 4.30. The van der Waals surface area contributed by atoms with E-state index in [-0.39, 0.29) is 30.8 Å². The molecule has 3 rings (SSSR count). The molecule has 2 amide bonds. The summed E-state index contributed by atoms with van der Waals surface area (Å²) in [6.07, 6.45) is 3.40. The fourth-order valence-electron chi connectivity index (χ4n) is 3.72. The number of carbonyl (C=O) groups is 3. The number of amides is 2. The predicted octanol–water partition coefficient (Wildman–Crippen LogP) is 2.43. The van der Waals surface area contributed by atoms with Crippen molar-refractivity contribution in [2.45, 2.75) is 58.1 Å². The Morgan fingerprint density at radius 2 is 1.89 bits per heavy atom. The molecule has 28 heavy (non-hydrogen) atoms. The van der Waals surface area contributed by atoms with Crippen molar-refractivity contribution in [1.82, 2.24) is 5.32 Å². The molecule has 0 spiro atoms. The Morgan fingerprint density at radius 1 is 1.21 bits per heavy atom. The molecule has 1 aromatic carbocycles. The van der Waals surface area contributed by atoms with Gasteiger partial charge in [0.05, 0.1) is 12.5 Å². The van der Waals surface area contributed by atoms with Crippen LogP contribution in [0.2, 0.25) is 0 Å². The maximum atomic E-state index is 12.5. The summed E-state index contributed by atoms with van der Waals surface area (Å²) in [5.41, 5.74) is 0.718. The lowest BCUT2D eigenvalue weighted by molar-refractivity contribution is -0.158. The highest BCUT2D eigenvalue weighted by Crippen LogP contribution is 2.28. The topological polar surface area (TPSA) is 84.9 Å². The molecule has 1 aliphatic carbocycles. The molecule has 0 bridgehead atoms. The molecule has 2 aliphatic rings. The number of carbonyl (C=O) groups excluding carboxylic acids is 3. The molecule has 1 saturated carbocycles. The first-order valence-corrected chi connectivity index (χ1v) is 10.0. The lowest BCUT2D eigenvalue weighted by Crippen LogP contribution is -2.41. The van der Waals surface area contributed by atoms with Crippen LogP contribution in [0.3, 0.4) is 0 Å². The second-order valence-corrected chi connectivity index (χ2v) is 7.40. The minimum absolute atomic E-state index is 0.0863. The van der Waals surface area contributed by atoms with Crippen molar-refractivity contribution >= 4 is 23.5 Å². The molecule has 1 aliphatic heterocycles. The van der Waals surface area contributed by atoms with E-state index in [2.05, 4.69) is 5.32 Å². The Labute approximate surface area is 165 Å². The van der Waals surface area contributed by atoms with Gasteiger partial charge in [0.1, 0.15) is 5.75 Å². The van der Waals surface area contributed by atoms with Gasteiger partial charge >= 0.3 is 5.97 Å². The second kappa shape index (κ2) is 9.08. The SMILES string of the molecule is CCOc1ccc(N2C[C@H](C(=O)O[C@@H](C)C(=O)NC3CCCC3)CC2=O)cc1. The second-order valence-electron chi connectivity index (χ2n) is 7.40. The van der Waals surface area contributed by atoms with Gasteiger partial charge in [-0.15, -0.1) is 0 Å². The molecule has 1 heterocycles. The summed E-state index contributed by atoms with van der Waals surface area (Å²) >= 11 is 0. The summed E-state index contributed by atoms with van der Waals surface area (Å²) in [6, 6.07) is 7.38. The largest absolute Gasteiger partial charge is 0.494 e. The van der Waals surface area contributed by atoms with E-state index in [1.54, 1.807) is 36.1 Å². The highest BCUT2D eigenvalue weighted by molar-refractivity contribution is 5.99. The quantitative estimate of drug-likeness (QED) is 0.725. The minimum atomic E-state index is -0.859. The number of benzene rings is 1. The molecule has 1 N–H and O–H groups in total. The average Bonchev–Trinajstić information content (AvgIpc) is 3.32. The van der Waals surface area contributed by atoms with Gasteiger partial charge in [0.2, 0.25) is 5.91 Å². The summed E-state index contributed by atoms with van der Waals surface area (Å²) in [5.74, 6) is -0.741. The molecule has 0 unspecified atom stereocenters. The van der Waals surface area contributed by atoms with Crippen LogP contribution in [0.1, 0.15) is 46.0 Å². The van der Waals surface area contributed by atoms with Crippen molar-refractivity contribution in [1.29, 1.82) is 0 Å². The van der Waals surface area contributed by atoms with Crippen LogP contribution in [0.15, 0.2) is 24.3 Å². The van der Waals surface area contributed by atoms with Gasteiger partial charge in [0.15, 0.2) is 6.10 Å². The number of esters is 1. The first kappa shape index (κ1) is 20.2. The van der Waals surface area contributed by atoms with Crippen LogP contribution in [0.25, 0.3) is 0 Å². The zero-order valence-corrected chi connectivity index (χ0v) is 16.5. The third-order valence-corrected chi connectivity index (χ3v) is 5.28. The van der Waals surface area contributed by atoms with E-state index in [1.165, 1.54) is 0 Å². The minimum Gasteiger partial charge on any atom is -0.494 e. The maximum Gasteiger partial charge on any atom is 0.312 e. The number of hydrogen-bond donors (Lipinski definition) is 1. The molecule has 2 fully saturated rings. The van der Waals surface area contributed by atoms with Gasteiger partial charge in [-0.3, -0.25) is 14.4 Å². The summed E-state index contributed by atoms with van der Waals surface area (Å²) in [7, 11) is 0. The van der Waals surface area contributed by atoms with E-state index in [0.717, 1.165) is 37.1 Å². The Morgan fingerprint density at radius 3 is 2.54 bits per heavy atom. The zero-order chi connectivity index (χ0) is 20.1. The fourth-order valence-corrected chi connectivity index (χ4v) is 3.72. The van der Waals surface area contributed by atoms with Crippen molar-refractivity contribution in [2.75, 3.05) is 18.1 Å². The van der Waals surface area contributed by atoms with Gasteiger partial charge < -0.3 is 19.7 Å². The van der Waals surface area contributed by atoms with Crippen molar-refractivity contribution in [3.63, 3.8) is 0 Å². The van der Waals surface area contributed by atoms with Gasteiger partial charge in [0.25, 0.3) is 5.91 Å². The zero-order valence-electron chi connectivity index (χ0n) is 16.5. The molecule has 0 aromatic heterocycles. The molecular formula is C21H28N2O5. The van der Waals surface area contributed by atoms with Gasteiger partial charge in [-0.1, -0.05) is 12.8 Å². The average molecular weight is 388 g/mol. The van der Waals surface area contributed by atoms with Crippen molar-refractivity contribution in [3.8, 4) is 5.75 Å². The number of ether oxygens (including phenoxy) is 2. The van der Waals surface area contributed by atoms with E-state index >= 15 is 0 Å². The van der Waals surface area contributed by atoms with Crippen LogP contribution < -0.4 is 15.0 Å². The molecule has 152 valence electrons. The molecule has 7 heteroatoms. The predicted molar refractivity (Wildman–Crippen MR) is 104 cm³/mol. The molecule has 1 aromatic rings. The van der Waals surface area contributed by atoms with Gasteiger partial charge in [-0.05, 0) is 51.0 Å². The summed E-state index contributed by atoms with van der Waals surface area (Å²) in [4.78, 5) is 38.6. The molecular weight excluding hydrogens is 360 g/mol. The van der Waals surface area contributed by atoms with Gasteiger partial charge in [-0.2, -0.15) is 0 Å². The standard InChI is InChI=1S/C21H28N2O5/c1-3-27-18-10-8-17(9-11-18)23-13-15(12-19(23)24)21(26)28-14(2)20(25)22-16-6-4-5-7-16/h8-11,14-16H,3-7,12-13H2,1-2H3,(H,22,25)/t14-,15+/m0/s1. The number of rotatable bonds is 7. The maximum absolute atomic E-state index is 12.5. The van der Waals surface area contributed by atoms with E-state index in [4.69, 9.17) is 9.47 Å². The first-order valence-electron chi connectivity index (χ1n) is 10.0. The van der Waals surface area contributed by atoms with Crippen LogP contribution in [0, 0.1) is 5.92 Å². The van der Waals surface area contributed by atoms with Crippen LogP contribution >= 0.6 is 0 Å². The normalized spacial score (nSPS) is 20.9. The molecule has 0 radical (unpaired) electrons. The number of nitrogens with one attached hydrogen (secondary N) is 1. The lowest BCUT2D eigenvalue weighted by atomic mass is 10.1. The van der Waals surface area contributed by atoms with E-state index < -0.39 is 18.0 Å². The Bertz CT molecular complexity index is 712. The first-order chi connectivity index (χ1) is 13.5. The Kier molecular flexibility index (Phi) is 6.54. The Balaban J connectivity index is 1.53. The van der Waals surface area contributed by atoms with Crippen molar-refractivity contribution in [3.05, 3.63) is 24.3 Å². The molecule has 1 saturated heterocycles. The van der Waals surface area contributed by atoms with E-state index in [1.807, 2.05) is 6.92 Å². The van der Waals surface area contributed by atoms with Crippen molar-refractivity contribution < 1.29 is 23.9 Å². The van der Waals surface area contributed by atoms with Gasteiger partial charge in [0, 0.05) is 24.7 Å². The fraction of sp³-hybridized carbons (Fsp3) is 0.571. The van der Waals surface area contributed by atoms with Gasteiger partial charge in [-0.25, -0.2) is 0 Å². The van der Waals surface area contributed by atoms with Crippen LogP contribution in [0.5, 0.6) is 5.75 Å². The van der Waals surface area contributed by atoms with Crippen LogP contribution in [-0.2, 0) is 19.1 Å². The summed E-state index contributed by atoms with van der Waals surface area (Å²) in [5, 5.41) is 2.93. The Hall–Kier alpha value is -2.57. The number of hydrogen-bond acceptors (Lipinski definition) is 5.